The second-order valence-electron chi connectivity index (χ2n) is 9.34. The second-order valence-corrected chi connectivity index (χ2v) is 9.75. The molecule has 0 unspecified atom stereocenters. The molecule has 0 spiro atoms. The van der Waals surface area contributed by atoms with Gasteiger partial charge in [-0.15, -0.1) is 0 Å². The fraction of sp³-hybridized carbons (Fsp3) is 0.346. The van der Waals surface area contributed by atoms with Gasteiger partial charge in [0.25, 0.3) is 11.3 Å². The number of amides is 1. The van der Waals surface area contributed by atoms with Gasteiger partial charge in [-0.2, -0.15) is 0 Å². The van der Waals surface area contributed by atoms with E-state index in [-0.39, 0.29) is 11.3 Å². The first kappa shape index (κ1) is 23.8. The van der Waals surface area contributed by atoms with Crippen LogP contribution in [0, 0.1) is 6.92 Å². The van der Waals surface area contributed by atoms with Crippen LogP contribution in [0.5, 0.6) is 5.75 Å². The lowest BCUT2D eigenvalue weighted by molar-refractivity contribution is -0.545. The monoisotopic (exact) mass is 478 g/mol. The molecule has 176 valence electrons. The van der Waals surface area contributed by atoms with Crippen molar-refractivity contribution in [2.24, 2.45) is 5.11 Å². The van der Waals surface area contributed by atoms with Crippen molar-refractivity contribution in [2.75, 3.05) is 18.5 Å². The minimum absolute atomic E-state index is 0.0646. The summed E-state index contributed by atoms with van der Waals surface area (Å²) in [5, 5.41) is 8.04. The van der Waals surface area contributed by atoms with E-state index in [2.05, 4.69) is 53.3 Å². The molecule has 0 fully saturated rings. The number of hydrogen-bond donors (Lipinski definition) is 1. The third-order valence-corrected chi connectivity index (χ3v) is 5.99. The molecule has 0 aliphatic carbocycles. The largest absolute Gasteiger partial charge is 0.494 e. The van der Waals surface area contributed by atoms with Gasteiger partial charge >= 0.3 is 11.9 Å². The van der Waals surface area contributed by atoms with Crippen molar-refractivity contribution < 1.29 is 13.9 Å². The van der Waals surface area contributed by atoms with Crippen LogP contribution in [0.25, 0.3) is 17.5 Å². The number of carbonyl (C=O) groups is 1. The minimum Gasteiger partial charge on any atom is -0.494 e. The predicted molar refractivity (Wildman–Crippen MR) is 133 cm³/mol. The standard InChI is InChI=1S/C26H28ClN5O2/c1-17-15-20(11-12-21(17)27)34-14-6-5-13-28-25-30-24(29-22-16-23(33)31-32(22)25)18-7-9-19(10-8-18)26(2,3)4/h7-12,15-16H,5-6,13-14H2,1-4H3/p+1. The Bertz CT molecular complexity index is 1330. The van der Waals surface area contributed by atoms with Crippen LogP contribution in [-0.4, -0.2) is 29.0 Å². The highest BCUT2D eigenvalue weighted by atomic mass is 35.5. The Labute approximate surface area is 204 Å². The van der Waals surface area contributed by atoms with E-state index in [4.69, 9.17) is 16.3 Å². The lowest BCUT2D eigenvalue weighted by Crippen LogP contribution is -2.41. The van der Waals surface area contributed by atoms with Crippen LogP contribution in [0.4, 0.5) is 5.95 Å². The average molecular weight is 479 g/mol. The lowest BCUT2D eigenvalue weighted by Gasteiger charge is -2.18. The smallest absolute Gasteiger partial charge is 0.374 e. The van der Waals surface area contributed by atoms with E-state index in [1.54, 1.807) is 0 Å². The molecule has 8 heteroatoms. The number of unbranched alkanes of at least 4 members (excludes halogenated alkanes) is 1. The number of hydrogen-bond acceptors (Lipinski definition) is 5. The molecule has 7 nitrogen and oxygen atoms in total. The fourth-order valence-corrected chi connectivity index (χ4v) is 3.67. The van der Waals surface area contributed by atoms with Crippen LogP contribution in [0.2, 0.25) is 5.02 Å². The van der Waals surface area contributed by atoms with E-state index in [0.717, 1.165) is 34.7 Å². The molecular weight excluding hydrogens is 450 g/mol. The SMILES string of the molecule is Cc1cc(OCCCCNc2nc(-c3ccc(C(C)(C)C)cc3)nc3[n+]2=NC(=O)C=3)ccc1Cl. The number of ether oxygens (including phenoxy) is 1. The van der Waals surface area contributed by atoms with Crippen molar-refractivity contribution in [3.63, 3.8) is 0 Å². The lowest BCUT2D eigenvalue weighted by atomic mass is 9.87. The summed E-state index contributed by atoms with van der Waals surface area (Å²) in [7, 11) is 0. The molecule has 1 aliphatic heterocycles. The number of carbonyl (C=O) groups excluding carboxylic acids is 1. The van der Waals surface area contributed by atoms with Crippen LogP contribution < -0.4 is 19.9 Å². The fourth-order valence-electron chi connectivity index (χ4n) is 3.55. The Morgan fingerprint density at radius 3 is 2.53 bits per heavy atom. The summed E-state index contributed by atoms with van der Waals surface area (Å²) < 4.78 is 7.27. The highest BCUT2D eigenvalue weighted by Crippen LogP contribution is 2.25. The molecule has 0 bridgehead atoms. The van der Waals surface area contributed by atoms with Crippen LogP contribution in [0.3, 0.4) is 0 Å². The first-order chi connectivity index (χ1) is 16.2. The number of fused-ring (bicyclic) bond motifs is 1. The molecule has 1 N–H and O–H groups in total. The summed E-state index contributed by atoms with van der Waals surface area (Å²) >= 11 is 6.06. The molecule has 0 saturated carbocycles. The first-order valence-electron chi connectivity index (χ1n) is 11.4. The summed E-state index contributed by atoms with van der Waals surface area (Å²) in [5.74, 6) is 1.52. The van der Waals surface area contributed by atoms with Gasteiger partial charge in [0.15, 0.2) is 0 Å². The zero-order valence-electron chi connectivity index (χ0n) is 19.9. The minimum atomic E-state index is -0.343. The van der Waals surface area contributed by atoms with E-state index in [0.29, 0.717) is 30.4 Å². The zero-order valence-corrected chi connectivity index (χ0v) is 20.7. The summed E-state index contributed by atoms with van der Waals surface area (Å²) in [5.41, 5.74) is 3.65. The Morgan fingerprint density at radius 2 is 1.82 bits per heavy atom. The van der Waals surface area contributed by atoms with Gasteiger partial charge in [-0.1, -0.05) is 64.0 Å². The molecule has 1 aromatic heterocycles. The van der Waals surface area contributed by atoms with Gasteiger partial charge in [-0.25, -0.2) is 0 Å². The molecule has 0 atom stereocenters. The van der Waals surface area contributed by atoms with E-state index in [1.165, 1.54) is 16.0 Å². The maximum Gasteiger partial charge on any atom is 0.374 e. The molecule has 1 amide bonds. The first-order valence-corrected chi connectivity index (χ1v) is 11.8. The van der Waals surface area contributed by atoms with Gasteiger partial charge in [-0.3, -0.25) is 10.1 Å². The molecule has 3 aromatic rings. The van der Waals surface area contributed by atoms with Gasteiger partial charge < -0.3 is 4.74 Å². The van der Waals surface area contributed by atoms with Crippen LogP contribution in [0.15, 0.2) is 47.6 Å². The van der Waals surface area contributed by atoms with E-state index >= 15 is 0 Å². The summed E-state index contributed by atoms with van der Waals surface area (Å²) in [6.07, 6.45) is 3.14. The van der Waals surface area contributed by atoms with Crippen molar-refractivity contribution in [3.05, 3.63) is 64.1 Å². The molecule has 4 rings (SSSR count). The van der Waals surface area contributed by atoms with Gasteiger partial charge in [0.2, 0.25) is 0 Å². The predicted octanol–water partition coefficient (Wildman–Crippen LogP) is 4.31. The average Bonchev–Trinajstić information content (AvgIpc) is 3.18. The van der Waals surface area contributed by atoms with Gasteiger partial charge in [0.1, 0.15) is 5.75 Å². The van der Waals surface area contributed by atoms with Crippen molar-refractivity contribution in [2.45, 2.75) is 46.0 Å². The molecule has 0 radical (unpaired) electrons. The second kappa shape index (κ2) is 9.89. The molecule has 2 aromatic carbocycles. The number of benzene rings is 2. The maximum atomic E-state index is 11.9. The van der Waals surface area contributed by atoms with Crippen molar-refractivity contribution in [1.29, 1.82) is 0 Å². The number of rotatable bonds is 8. The molecule has 2 heterocycles. The number of aryl methyl sites for hydroxylation is 1. The maximum absolute atomic E-state index is 11.9. The highest BCUT2D eigenvalue weighted by molar-refractivity contribution is 6.31. The van der Waals surface area contributed by atoms with Gasteiger partial charge in [0, 0.05) is 10.6 Å². The normalized spacial score (nSPS) is 12.7. The quantitative estimate of drug-likeness (QED) is 0.385. The van der Waals surface area contributed by atoms with Gasteiger partial charge in [0.05, 0.1) is 19.2 Å². The zero-order chi connectivity index (χ0) is 24.3. The van der Waals surface area contributed by atoms with Crippen molar-refractivity contribution >= 4 is 29.5 Å². The van der Waals surface area contributed by atoms with Crippen LogP contribution in [0.1, 0.15) is 44.7 Å². The molecule has 34 heavy (non-hydrogen) atoms. The van der Waals surface area contributed by atoms with Crippen molar-refractivity contribution in [1.82, 2.24) is 9.97 Å². The number of aromatic nitrogens is 3. The summed E-state index contributed by atoms with van der Waals surface area (Å²) in [4.78, 5) is 21.1. The number of anilines is 1. The Hall–Kier alpha value is -3.32. The Balaban J connectivity index is 1.41. The van der Waals surface area contributed by atoms with E-state index in [1.807, 2.05) is 37.3 Å². The highest BCUT2D eigenvalue weighted by Gasteiger charge is 2.21. The van der Waals surface area contributed by atoms with Crippen LogP contribution >= 0.6 is 11.6 Å². The molecule has 1 aliphatic rings. The molecule has 0 saturated heterocycles. The van der Waals surface area contributed by atoms with E-state index < -0.39 is 0 Å². The third-order valence-electron chi connectivity index (χ3n) is 5.56. The third kappa shape index (κ3) is 5.59. The van der Waals surface area contributed by atoms with Crippen LogP contribution in [-0.2, 0) is 10.2 Å². The summed E-state index contributed by atoms with van der Waals surface area (Å²) in [6, 6.07) is 13.9. The van der Waals surface area contributed by atoms with Crippen molar-refractivity contribution in [3.8, 4) is 17.1 Å². The van der Waals surface area contributed by atoms with Gasteiger partial charge in [-0.05, 0) is 66.6 Å². The topological polar surface area (TPSA) is 82.4 Å². The summed E-state index contributed by atoms with van der Waals surface area (Å²) in [6.45, 7) is 9.74. The number of halogens is 1. The van der Waals surface area contributed by atoms with E-state index in [9.17, 15) is 4.79 Å². The molecular formula is C26H29ClN5O2+. The number of nitrogens with zero attached hydrogens (tertiary/aromatic N) is 4. The number of nitrogens with one attached hydrogen (secondary N) is 1. The Kier molecular flexibility index (Phi) is 6.93. The Morgan fingerprint density at radius 1 is 1.06 bits per heavy atom.